The maximum atomic E-state index is 14.5. The van der Waals surface area contributed by atoms with Gasteiger partial charge in [0.15, 0.2) is 0 Å². The molecule has 5 rings (SSSR count). The van der Waals surface area contributed by atoms with Crippen molar-refractivity contribution in [1.82, 2.24) is 9.21 Å². The highest BCUT2D eigenvalue weighted by Crippen LogP contribution is 2.32. The Bertz CT molecular complexity index is 2030. The maximum absolute atomic E-state index is 14.5. The smallest absolute Gasteiger partial charge is 0.490 e. The van der Waals surface area contributed by atoms with Gasteiger partial charge in [0.2, 0.25) is 21.8 Å². The van der Waals surface area contributed by atoms with Gasteiger partial charge in [-0.2, -0.15) is 22.6 Å². The first-order valence-electron chi connectivity index (χ1n) is 16.0. The lowest BCUT2D eigenvalue weighted by molar-refractivity contribution is -0.192. The zero-order valence-corrected chi connectivity index (χ0v) is 28.9. The monoisotopic (exact) mass is 741 g/mol. The molecule has 12 nitrogen and oxygen atoms in total. The van der Waals surface area contributed by atoms with Gasteiger partial charge in [-0.1, -0.05) is 60.7 Å². The zero-order chi connectivity index (χ0) is 38.1. The third-order valence-electron chi connectivity index (χ3n) is 8.38. The number of alkyl halides is 3. The number of primary amides is 1. The van der Waals surface area contributed by atoms with Gasteiger partial charge >= 0.3 is 12.1 Å². The first-order valence-corrected chi connectivity index (χ1v) is 17.5. The summed E-state index contributed by atoms with van der Waals surface area (Å²) in [6, 6.07) is 25.0. The quantitative estimate of drug-likeness (QED) is 0.102. The van der Waals surface area contributed by atoms with Crippen molar-refractivity contribution in [3.8, 4) is 5.75 Å². The van der Waals surface area contributed by atoms with E-state index in [1.54, 1.807) is 29.2 Å². The van der Waals surface area contributed by atoms with Crippen LogP contribution in [0.4, 0.5) is 13.2 Å². The molecule has 2 amide bonds. The van der Waals surface area contributed by atoms with Gasteiger partial charge in [0.1, 0.15) is 17.8 Å². The minimum Gasteiger partial charge on any atom is -0.497 e. The number of benzene rings is 4. The number of nitrogens with zero attached hydrogens (tertiary/aromatic N) is 3. The largest absolute Gasteiger partial charge is 0.497 e. The second-order valence-electron chi connectivity index (χ2n) is 11.9. The summed E-state index contributed by atoms with van der Waals surface area (Å²) in [5.74, 6) is 1.94. The third-order valence-corrected chi connectivity index (χ3v) is 10.3. The van der Waals surface area contributed by atoms with Gasteiger partial charge in [-0.3, -0.25) is 9.59 Å². The highest BCUT2D eigenvalue weighted by atomic mass is 32.2. The first-order chi connectivity index (χ1) is 24.6. The molecule has 1 aliphatic rings. The summed E-state index contributed by atoms with van der Waals surface area (Å²) in [7, 11) is -2.83. The second kappa shape index (κ2) is 17.2. The Morgan fingerprint density at radius 2 is 1.69 bits per heavy atom. The molecule has 0 saturated carbocycles. The number of carbonyl (C=O) groups excluding carboxylic acids is 2. The van der Waals surface area contributed by atoms with Crippen LogP contribution in [0.15, 0.2) is 101 Å². The third kappa shape index (κ3) is 9.85. The highest BCUT2D eigenvalue weighted by molar-refractivity contribution is 7.89. The van der Waals surface area contributed by atoms with Crippen molar-refractivity contribution >= 4 is 44.8 Å². The van der Waals surface area contributed by atoms with Crippen molar-refractivity contribution in [1.29, 1.82) is 0 Å². The lowest BCUT2D eigenvalue weighted by Gasteiger charge is -2.33. The molecule has 1 heterocycles. The molecule has 4 aromatic rings. The van der Waals surface area contributed by atoms with E-state index < -0.39 is 40.2 Å². The van der Waals surface area contributed by atoms with Crippen molar-refractivity contribution in [2.75, 3.05) is 13.7 Å². The van der Waals surface area contributed by atoms with Crippen molar-refractivity contribution in [3.05, 3.63) is 108 Å². The van der Waals surface area contributed by atoms with E-state index in [2.05, 4.69) is 5.10 Å². The number of nitrogens with two attached hydrogens (primary N) is 2. The van der Waals surface area contributed by atoms with Gasteiger partial charge in [-0.15, -0.1) is 0 Å². The average Bonchev–Trinajstić information content (AvgIpc) is 3.46. The first kappa shape index (κ1) is 39.3. The van der Waals surface area contributed by atoms with E-state index in [0.29, 0.717) is 30.5 Å². The zero-order valence-electron chi connectivity index (χ0n) is 28.1. The summed E-state index contributed by atoms with van der Waals surface area (Å²) in [5.41, 5.74) is 8.61. The fourth-order valence-corrected chi connectivity index (χ4v) is 7.73. The Balaban J connectivity index is 0.000000785. The minimum absolute atomic E-state index is 0.0300. The number of hydrazone groups is 1. The number of fused-ring (bicyclic) bond motifs is 1. The molecule has 1 unspecified atom stereocenters. The van der Waals surface area contributed by atoms with E-state index >= 15 is 0 Å². The molecule has 1 saturated heterocycles. The Hall–Kier alpha value is -5.48. The van der Waals surface area contributed by atoms with Gasteiger partial charge in [0, 0.05) is 13.1 Å². The average molecular weight is 742 g/mol. The molecule has 0 bridgehead atoms. The molecule has 2 atom stereocenters. The molecule has 52 heavy (non-hydrogen) atoms. The van der Waals surface area contributed by atoms with Gasteiger partial charge < -0.3 is 26.3 Å². The van der Waals surface area contributed by atoms with Gasteiger partial charge in [-0.25, -0.2) is 13.2 Å². The van der Waals surface area contributed by atoms with Crippen LogP contribution in [0.1, 0.15) is 36.0 Å². The predicted molar refractivity (Wildman–Crippen MR) is 188 cm³/mol. The molecule has 276 valence electrons. The van der Waals surface area contributed by atoms with Gasteiger partial charge in [0.05, 0.1) is 18.2 Å². The van der Waals surface area contributed by atoms with E-state index in [1.807, 2.05) is 60.7 Å². The van der Waals surface area contributed by atoms with E-state index in [0.717, 1.165) is 26.4 Å². The number of halogens is 3. The fraction of sp³-hybridized carbons (Fsp3) is 0.278. The van der Waals surface area contributed by atoms with E-state index in [-0.39, 0.29) is 30.2 Å². The van der Waals surface area contributed by atoms with E-state index in [4.69, 9.17) is 26.2 Å². The van der Waals surface area contributed by atoms with Crippen molar-refractivity contribution in [2.24, 2.45) is 16.7 Å². The number of hydrogen-bond acceptors (Lipinski definition) is 8. The number of aliphatic carboxylic acids is 1. The van der Waals surface area contributed by atoms with Gasteiger partial charge in [0.25, 0.3) is 0 Å². The van der Waals surface area contributed by atoms with E-state index in [1.165, 1.54) is 19.4 Å². The van der Waals surface area contributed by atoms with Crippen LogP contribution in [-0.4, -0.2) is 78.6 Å². The SMILES string of the molecule is COc1ccc2ccc(S(=O)(=O)N(C(CCCc3ccccc3)C(N)=O)[C@H]3CCN(Cc4cccc(C=NN)c4)C3=O)cc2c1.O=C(O)C(F)(F)F. The molecule has 0 radical (unpaired) electrons. The number of carbonyl (C=O) groups is 3. The number of ether oxygens (including phenoxy) is 1. The number of methoxy groups -OCH3 is 1. The molecule has 16 heteroatoms. The number of hydrogen-bond donors (Lipinski definition) is 3. The normalized spacial score (nSPS) is 15.4. The Kier molecular flexibility index (Phi) is 13.0. The molecule has 0 aromatic heterocycles. The topological polar surface area (TPSA) is 186 Å². The number of sulfonamides is 1. The highest BCUT2D eigenvalue weighted by Gasteiger charge is 2.47. The Morgan fingerprint density at radius 3 is 2.33 bits per heavy atom. The number of carboxylic acids is 1. The van der Waals surface area contributed by atoms with E-state index in [9.17, 15) is 31.2 Å². The number of rotatable bonds is 13. The summed E-state index contributed by atoms with van der Waals surface area (Å²) in [5, 5.41) is 12.2. The standard InChI is InChI=1S/C34H37N5O5S.C2HF3O2/c1-44-29-15-13-27-14-16-30(21-28(27)20-29)45(42,43)39(31(33(35)40)12-6-9-24-7-3-2-4-8-24)32-17-18-38(34(32)41)23-26-11-5-10-25(19-26)22-37-36;3-2(4,5)1(6)7/h2-5,7-8,10-11,13-16,19-22,31-32H,6,9,12,17-18,23,36H2,1H3,(H2,35,40);(H,6,7)/t31?,32-;/m0./s1. The van der Waals surface area contributed by atoms with Crippen LogP contribution in [0.3, 0.4) is 0 Å². The van der Waals surface area contributed by atoms with Crippen LogP contribution < -0.4 is 16.3 Å². The Labute approximate surface area is 298 Å². The molecule has 5 N–H and O–H groups in total. The van der Waals surface area contributed by atoms with Crippen molar-refractivity contribution in [3.63, 3.8) is 0 Å². The summed E-state index contributed by atoms with van der Waals surface area (Å²) in [4.78, 5) is 37.5. The number of amides is 2. The molecular weight excluding hydrogens is 703 g/mol. The molecular formula is C36H38F3N5O7S. The lowest BCUT2D eigenvalue weighted by atomic mass is 10.0. The summed E-state index contributed by atoms with van der Waals surface area (Å²) in [6.45, 7) is 0.579. The number of carboxylic acid groups (broad SMARTS) is 1. The van der Waals surface area contributed by atoms with Crippen LogP contribution in [-0.2, 0) is 37.4 Å². The Morgan fingerprint density at radius 1 is 1.02 bits per heavy atom. The molecule has 4 aromatic carbocycles. The molecule has 1 fully saturated rings. The second-order valence-corrected chi connectivity index (χ2v) is 13.7. The minimum atomic E-state index is -5.08. The molecule has 0 aliphatic carbocycles. The maximum Gasteiger partial charge on any atom is 0.490 e. The summed E-state index contributed by atoms with van der Waals surface area (Å²) < 4.78 is 67.2. The van der Waals surface area contributed by atoms with Gasteiger partial charge in [-0.05, 0) is 83.5 Å². The lowest BCUT2D eigenvalue weighted by Crippen LogP contribution is -2.55. The van der Waals surface area contributed by atoms with Crippen molar-refractivity contribution < 1.29 is 45.8 Å². The molecule has 1 aliphatic heterocycles. The van der Waals surface area contributed by atoms with Crippen LogP contribution in [0, 0.1) is 0 Å². The van der Waals surface area contributed by atoms with Crippen LogP contribution in [0.2, 0.25) is 0 Å². The summed E-state index contributed by atoms with van der Waals surface area (Å²) in [6.07, 6.45) is -2.07. The summed E-state index contributed by atoms with van der Waals surface area (Å²) >= 11 is 0. The van der Waals surface area contributed by atoms with Crippen LogP contribution in [0.25, 0.3) is 10.8 Å². The number of aryl methyl sites for hydroxylation is 1. The fourth-order valence-electron chi connectivity index (χ4n) is 5.90. The van der Waals surface area contributed by atoms with Crippen LogP contribution >= 0.6 is 0 Å². The number of likely N-dealkylation sites (tertiary alicyclic amines) is 1. The van der Waals surface area contributed by atoms with Crippen LogP contribution in [0.5, 0.6) is 5.75 Å². The predicted octanol–water partition coefficient (Wildman–Crippen LogP) is 4.44. The molecule has 0 spiro atoms. The van der Waals surface area contributed by atoms with Crippen molar-refractivity contribution in [2.45, 2.75) is 55.4 Å².